The maximum Gasteiger partial charge on any atom is 0.283 e. The van der Waals surface area contributed by atoms with Crippen LogP contribution in [0.25, 0.3) is 0 Å². The number of nitriles is 1. The van der Waals surface area contributed by atoms with Crippen molar-refractivity contribution in [2.24, 2.45) is 0 Å². The average Bonchev–Trinajstić information content (AvgIpc) is 2.41. The normalized spacial score (nSPS) is 19.9. The lowest BCUT2D eigenvalue weighted by molar-refractivity contribution is -0.385. The zero-order valence-electron chi connectivity index (χ0n) is 10.1. The van der Waals surface area contributed by atoms with Gasteiger partial charge in [-0.3, -0.25) is 15.0 Å². The molecule has 100 valence electrons. The molecule has 1 aliphatic heterocycles. The zero-order valence-corrected chi connectivity index (χ0v) is 11.7. The van der Waals surface area contributed by atoms with Crippen molar-refractivity contribution in [1.82, 2.24) is 4.90 Å². The molecule has 1 heterocycles. The van der Waals surface area contributed by atoms with Gasteiger partial charge in [0.25, 0.3) is 5.69 Å². The number of rotatable bonds is 3. The molecular formula is C12H12BrN3O3. The molecule has 1 saturated heterocycles. The van der Waals surface area contributed by atoms with Crippen LogP contribution in [0.4, 0.5) is 5.69 Å². The van der Waals surface area contributed by atoms with Crippen LogP contribution in [0, 0.1) is 21.4 Å². The smallest absolute Gasteiger partial charge is 0.283 e. The van der Waals surface area contributed by atoms with Crippen LogP contribution in [0.15, 0.2) is 22.7 Å². The lowest BCUT2D eigenvalue weighted by atomic mass is 10.1. The van der Waals surface area contributed by atoms with Gasteiger partial charge < -0.3 is 4.74 Å². The summed E-state index contributed by atoms with van der Waals surface area (Å²) in [5.74, 6) is 0. The Kier molecular flexibility index (Phi) is 4.47. The van der Waals surface area contributed by atoms with E-state index < -0.39 is 11.0 Å². The van der Waals surface area contributed by atoms with Crippen molar-refractivity contribution in [3.05, 3.63) is 38.3 Å². The van der Waals surface area contributed by atoms with Crippen LogP contribution >= 0.6 is 15.9 Å². The molecule has 0 radical (unpaired) electrons. The van der Waals surface area contributed by atoms with Crippen molar-refractivity contribution in [3.8, 4) is 6.07 Å². The second kappa shape index (κ2) is 6.10. The zero-order chi connectivity index (χ0) is 13.8. The number of nitrogens with zero attached hydrogens (tertiary/aromatic N) is 3. The second-order valence-electron chi connectivity index (χ2n) is 4.23. The van der Waals surface area contributed by atoms with Crippen molar-refractivity contribution in [2.75, 3.05) is 19.7 Å². The van der Waals surface area contributed by atoms with Gasteiger partial charge in [-0.05, 0) is 21.5 Å². The molecule has 1 fully saturated rings. The van der Waals surface area contributed by atoms with Crippen molar-refractivity contribution >= 4 is 21.6 Å². The van der Waals surface area contributed by atoms with E-state index in [9.17, 15) is 10.1 Å². The Morgan fingerprint density at radius 1 is 1.63 bits per heavy atom. The average molecular weight is 326 g/mol. The summed E-state index contributed by atoms with van der Waals surface area (Å²) in [7, 11) is 0. The fourth-order valence-electron chi connectivity index (χ4n) is 1.99. The Morgan fingerprint density at radius 3 is 3.11 bits per heavy atom. The lowest BCUT2D eigenvalue weighted by Gasteiger charge is -2.29. The van der Waals surface area contributed by atoms with Gasteiger partial charge in [0.1, 0.15) is 0 Å². The van der Waals surface area contributed by atoms with E-state index in [0.29, 0.717) is 30.7 Å². The molecule has 0 N–H and O–H groups in total. The fourth-order valence-corrected chi connectivity index (χ4v) is 2.53. The highest BCUT2D eigenvalue weighted by atomic mass is 79.9. The molecule has 0 bridgehead atoms. The molecule has 6 nitrogen and oxygen atoms in total. The van der Waals surface area contributed by atoms with E-state index in [1.165, 1.54) is 6.07 Å². The Morgan fingerprint density at radius 2 is 2.42 bits per heavy atom. The molecular weight excluding hydrogens is 314 g/mol. The SMILES string of the molecule is N#CC1CN(Cc2cccc([N+](=O)[O-])c2Br)CCO1. The van der Waals surface area contributed by atoms with Crippen LogP contribution in [-0.2, 0) is 11.3 Å². The molecule has 0 spiro atoms. The minimum atomic E-state index is -0.425. The first-order valence-electron chi connectivity index (χ1n) is 5.77. The van der Waals surface area contributed by atoms with E-state index in [-0.39, 0.29) is 5.69 Å². The third-order valence-electron chi connectivity index (χ3n) is 2.94. The van der Waals surface area contributed by atoms with Gasteiger partial charge >= 0.3 is 0 Å². The Balaban J connectivity index is 2.13. The molecule has 1 atom stereocenters. The fraction of sp³-hybridized carbons (Fsp3) is 0.417. The van der Waals surface area contributed by atoms with Gasteiger partial charge in [-0.25, -0.2) is 0 Å². The number of hydrogen-bond acceptors (Lipinski definition) is 5. The third-order valence-corrected chi connectivity index (χ3v) is 3.86. The predicted octanol–water partition coefficient (Wildman–Crippen LogP) is 2.08. The summed E-state index contributed by atoms with van der Waals surface area (Å²) in [6.45, 7) is 2.30. The topological polar surface area (TPSA) is 79.4 Å². The molecule has 0 aromatic heterocycles. The number of nitro benzene ring substituents is 1. The molecule has 0 aliphatic carbocycles. The molecule has 7 heteroatoms. The lowest BCUT2D eigenvalue weighted by Crippen LogP contribution is -2.41. The van der Waals surface area contributed by atoms with Gasteiger partial charge in [-0.15, -0.1) is 0 Å². The maximum atomic E-state index is 10.9. The minimum absolute atomic E-state index is 0.0580. The van der Waals surface area contributed by atoms with E-state index in [1.807, 2.05) is 6.07 Å². The van der Waals surface area contributed by atoms with Crippen LogP contribution in [0.3, 0.4) is 0 Å². The molecule has 1 aromatic carbocycles. The van der Waals surface area contributed by atoms with E-state index in [1.54, 1.807) is 6.07 Å². The number of morpholine rings is 1. The van der Waals surface area contributed by atoms with Gasteiger partial charge in [-0.2, -0.15) is 5.26 Å². The van der Waals surface area contributed by atoms with Crippen molar-refractivity contribution in [3.63, 3.8) is 0 Å². The van der Waals surface area contributed by atoms with Gasteiger partial charge in [0.05, 0.1) is 22.1 Å². The van der Waals surface area contributed by atoms with Gasteiger partial charge in [0.2, 0.25) is 0 Å². The highest BCUT2D eigenvalue weighted by Crippen LogP contribution is 2.29. The summed E-state index contributed by atoms with van der Waals surface area (Å²) < 4.78 is 5.76. The van der Waals surface area contributed by atoms with Gasteiger partial charge in [0.15, 0.2) is 6.10 Å². The van der Waals surface area contributed by atoms with Crippen molar-refractivity contribution in [2.45, 2.75) is 12.6 Å². The molecule has 2 rings (SSSR count). The minimum Gasteiger partial charge on any atom is -0.361 e. The van der Waals surface area contributed by atoms with E-state index in [0.717, 1.165) is 5.56 Å². The Hall–Kier alpha value is -1.49. The monoisotopic (exact) mass is 325 g/mol. The molecule has 1 aliphatic rings. The van der Waals surface area contributed by atoms with Crippen molar-refractivity contribution < 1.29 is 9.66 Å². The first-order chi connectivity index (χ1) is 9.11. The number of hydrogen-bond donors (Lipinski definition) is 0. The number of nitro groups is 1. The Bertz CT molecular complexity index is 529. The molecule has 0 amide bonds. The quantitative estimate of drug-likeness (QED) is 0.628. The van der Waals surface area contributed by atoms with Crippen LogP contribution in [0.1, 0.15) is 5.56 Å². The van der Waals surface area contributed by atoms with E-state index >= 15 is 0 Å². The highest BCUT2D eigenvalue weighted by molar-refractivity contribution is 9.10. The predicted molar refractivity (Wildman–Crippen MR) is 71.4 cm³/mol. The highest BCUT2D eigenvalue weighted by Gasteiger charge is 2.22. The largest absolute Gasteiger partial charge is 0.361 e. The Labute approximate surface area is 118 Å². The van der Waals surface area contributed by atoms with Crippen molar-refractivity contribution in [1.29, 1.82) is 5.26 Å². The molecule has 0 saturated carbocycles. The molecule has 19 heavy (non-hydrogen) atoms. The van der Waals surface area contributed by atoms with E-state index in [2.05, 4.69) is 26.9 Å². The standard InChI is InChI=1S/C12H12BrN3O3/c13-12-9(2-1-3-11(12)16(17)18)7-15-4-5-19-10(6-14)8-15/h1-3,10H,4-5,7-8H2. The maximum absolute atomic E-state index is 10.9. The molecule has 1 aromatic rings. The summed E-state index contributed by atoms with van der Waals surface area (Å²) >= 11 is 3.28. The summed E-state index contributed by atoms with van der Waals surface area (Å²) in [6, 6.07) is 7.05. The van der Waals surface area contributed by atoms with Crippen LogP contribution in [0.2, 0.25) is 0 Å². The van der Waals surface area contributed by atoms with Crippen LogP contribution in [0.5, 0.6) is 0 Å². The number of benzene rings is 1. The first kappa shape index (κ1) is 13.9. The number of ether oxygens (including phenoxy) is 1. The summed E-state index contributed by atoms with van der Waals surface area (Å²) in [5.41, 5.74) is 0.899. The second-order valence-corrected chi connectivity index (χ2v) is 5.02. The van der Waals surface area contributed by atoms with Crippen LogP contribution < -0.4 is 0 Å². The summed E-state index contributed by atoms with van der Waals surface area (Å²) in [5, 5.41) is 19.7. The van der Waals surface area contributed by atoms with E-state index in [4.69, 9.17) is 10.00 Å². The summed E-state index contributed by atoms with van der Waals surface area (Å²) in [6.07, 6.45) is -0.425. The number of halogens is 1. The van der Waals surface area contributed by atoms with Crippen LogP contribution in [-0.4, -0.2) is 35.6 Å². The third kappa shape index (κ3) is 3.29. The van der Waals surface area contributed by atoms with Gasteiger partial charge in [-0.1, -0.05) is 12.1 Å². The first-order valence-corrected chi connectivity index (χ1v) is 6.56. The molecule has 1 unspecified atom stereocenters. The van der Waals surface area contributed by atoms with Gasteiger partial charge in [0, 0.05) is 25.7 Å². The summed E-state index contributed by atoms with van der Waals surface area (Å²) in [4.78, 5) is 12.5.